The Morgan fingerprint density at radius 1 is 0.939 bits per heavy atom. The summed E-state index contributed by atoms with van der Waals surface area (Å²) in [5.41, 5.74) is 4.01. The lowest BCUT2D eigenvalue weighted by atomic mass is 10.2. The van der Waals surface area contributed by atoms with E-state index in [9.17, 15) is 17.8 Å². The Balaban J connectivity index is 0.000000235. The lowest BCUT2D eigenvalue weighted by Gasteiger charge is -2.05. The van der Waals surface area contributed by atoms with Gasteiger partial charge in [-0.25, -0.2) is 18.2 Å². The van der Waals surface area contributed by atoms with Crippen LogP contribution in [0.4, 0.5) is 5.69 Å². The van der Waals surface area contributed by atoms with Gasteiger partial charge in [0, 0.05) is 17.5 Å². The number of aromatic nitrogens is 1. The van der Waals surface area contributed by atoms with Crippen LogP contribution in [0.2, 0.25) is 0 Å². The summed E-state index contributed by atoms with van der Waals surface area (Å²) in [6, 6.07) is 24.5. The number of benzene rings is 3. The van der Waals surface area contributed by atoms with Crippen LogP contribution in [0.15, 0.2) is 94.8 Å². The molecular formula is C25H22N2O5S. The first-order valence-corrected chi connectivity index (χ1v) is 11.3. The predicted octanol–water partition coefficient (Wildman–Crippen LogP) is 4.01. The number of nitrogens with zero attached hydrogens (tertiary/aromatic N) is 2. The molecule has 0 saturated heterocycles. The summed E-state index contributed by atoms with van der Waals surface area (Å²) in [6.07, 6.45) is 1.78. The largest absolute Gasteiger partial charge is 0.744 e. The van der Waals surface area contributed by atoms with Gasteiger partial charge in [0.05, 0.1) is 22.4 Å². The van der Waals surface area contributed by atoms with Crippen LogP contribution in [-0.4, -0.2) is 30.3 Å². The van der Waals surface area contributed by atoms with Gasteiger partial charge in [-0.3, -0.25) is 0 Å². The Kier molecular flexibility index (Phi) is 7.32. The molecule has 0 radical (unpaired) electrons. The van der Waals surface area contributed by atoms with Crippen LogP contribution in [0.3, 0.4) is 0 Å². The fourth-order valence-corrected chi connectivity index (χ4v) is 3.49. The summed E-state index contributed by atoms with van der Waals surface area (Å²) in [4.78, 5) is 15.0. The smallest absolute Gasteiger partial charge is 0.335 e. The number of carboxylic acid groups (broad SMARTS) is 1. The molecule has 4 aromatic rings. The van der Waals surface area contributed by atoms with Gasteiger partial charge in [0.2, 0.25) is 11.2 Å². The second-order valence-electron chi connectivity index (χ2n) is 7.25. The second kappa shape index (κ2) is 10.2. The molecule has 0 aliphatic rings. The van der Waals surface area contributed by atoms with Crippen LogP contribution < -0.4 is 4.57 Å². The quantitative estimate of drug-likeness (QED) is 0.280. The van der Waals surface area contributed by atoms with Gasteiger partial charge < -0.3 is 9.66 Å². The number of hydrogen-bond acceptors (Lipinski definition) is 5. The molecule has 1 aromatic heterocycles. The van der Waals surface area contributed by atoms with Crippen molar-refractivity contribution in [2.75, 3.05) is 0 Å². The maximum atomic E-state index is 10.8. The van der Waals surface area contributed by atoms with Gasteiger partial charge in [0.15, 0.2) is 0 Å². The number of fused-ring (bicyclic) bond motifs is 1. The van der Waals surface area contributed by atoms with Crippen molar-refractivity contribution in [3.05, 3.63) is 102 Å². The van der Waals surface area contributed by atoms with Crippen molar-refractivity contribution in [1.82, 2.24) is 0 Å². The van der Waals surface area contributed by atoms with Gasteiger partial charge in [-0.2, -0.15) is 4.57 Å². The molecule has 8 heteroatoms. The molecule has 0 fully saturated rings. The van der Waals surface area contributed by atoms with E-state index in [0.29, 0.717) is 0 Å². The maximum absolute atomic E-state index is 10.8. The molecule has 0 spiro atoms. The number of carboxylic acids is 1. The van der Waals surface area contributed by atoms with Crippen molar-refractivity contribution in [1.29, 1.82) is 0 Å². The van der Waals surface area contributed by atoms with Crippen LogP contribution >= 0.6 is 0 Å². The van der Waals surface area contributed by atoms with Crippen LogP contribution in [0.5, 0.6) is 0 Å². The highest BCUT2D eigenvalue weighted by Gasteiger charge is 2.09. The minimum atomic E-state index is -4.27. The molecule has 168 valence electrons. The predicted molar refractivity (Wildman–Crippen MR) is 125 cm³/mol. The number of carbonyl (C=O) groups is 1. The van der Waals surface area contributed by atoms with Crippen molar-refractivity contribution in [2.24, 2.45) is 12.0 Å². The molecule has 3 aromatic carbocycles. The normalized spacial score (nSPS) is 11.2. The van der Waals surface area contributed by atoms with E-state index in [0.717, 1.165) is 22.5 Å². The van der Waals surface area contributed by atoms with Crippen molar-refractivity contribution in [3.8, 4) is 0 Å². The number of rotatable bonds is 4. The zero-order chi connectivity index (χ0) is 24.0. The summed E-state index contributed by atoms with van der Waals surface area (Å²) in [5.74, 6) is -0.934. The molecule has 0 atom stereocenters. The molecule has 4 rings (SSSR count). The maximum Gasteiger partial charge on any atom is 0.335 e. The highest BCUT2D eigenvalue weighted by atomic mass is 32.2. The van der Waals surface area contributed by atoms with Crippen molar-refractivity contribution in [3.63, 3.8) is 0 Å². The molecule has 0 amide bonds. The minimum absolute atomic E-state index is 0.178. The molecular weight excluding hydrogens is 440 g/mol. The molecule has 0 saturated carbocycles. The Morgan fingerprint density at radius 2 is 1.58 bits per heavy atom. The molecule has 1 heterocycles. The molecule has 0 aliphatic carbocycles. The zero-order valence-corrected chi connectivity index (χ0v) is 18.9. The van der Waals surface area contributed by atoms with E-state index in [1.165, 1.54) is 17.5 Å². The number of aromatic carboxylic acids is 1. The monoisotopic (exact) mass is 462 g/mol. The third kappa shape index (κ3) is 6.31. The Morgan fingerprint density at radius 3 is 2.18 bits per heavy atom. The summed E-state index contributed by atoms with van der Waals surface area (Å²) >= 11 is 0. The first-order chi connectivity index (χ1) is 15.6. The van der Waals surface area contributed by atoms with Crippen molar-refractivity contribution in [2.45, 2.75) is 11.8 Å². The number of pyridine rings is 1. The highest BCUT2D eigenvalue weighted by molar-refractivity contribution is 7.85. The van der Waals surface area contributed by atoms with Crippen LogP contribution in [-0.2, 0) is 17.2 Å². The number of hydrogen-bond donors (Lipinski definition) is 1. The van der Waals surface area contributed by atoms with E-state index in [2.05, 4.69) is 27.8 Å². The highest BCUT2D eigenvalue weighted by Crippen LogP contribution is 2.14. The van der Waals surface area contributed by atoms with Crippen LogP contribution in [0, 0.1) is 6.92 Å². The fraction of sp³-hybridized carbons (Fsp3) is 0.0800. The van der Waals surface area contributed by atoms with Gasteiger partial charge in [0.25, 0.3) is 0 Å². The van der Waals surface area contributed by atoms with Gasteiger partial charge in [-0.1, -0.05) is 29.8 Å². The number of aliphatic imine (C=N–C) groups is 1. The van der Waals surface area contributed by atoms with E-state index in [1.807, 2.05) is 32.2 Å². The van der Waals surface area contributed by atoms with Crippen LogP contribution in [0.25, 0.3) is 10.9 Å². The average molecular weight is 463 g/mol. The van der Waals surface area contributed by atoms with Gasteiger partial charge >= 0.3 is 5.97 Å². The Hall–Kier alpha value is -3.88. The van der Waals surface area contributed by atoms with Crippen LogP contribution in [0.1, 0.15) is 21.6 Å². The zero-order valence-electron chi connectivity index (χ0n) is 18.0. The van der Waals surface area contributed by atoms with Crippen molar-refractivity contribution < 1.29 is 27.4 Å². The third-order valence-electron chi connectivity index (χ3n) is 4.89. The molecule has 1 N–H and O–H groups in total. The molecule has 33 heavy (non-hydrogen) atoms. The third-order valence-corrected chi connectivity index (χ3v) is 5.74. The van der Waals surface area contributed by atoms with Gasteiger partial charge in [-0.15, -0.1) is 0 Å². The fourth-order valence-electron chi connectivity index (χ4n) is 3.03. The Bertz CT molecular complexity index is 1410. The van der Waals surface area contributed by atoms with Gasteiger partial charge in [0.1, 0.15) is 17.2 Å². The lowest BCUT2D eigenvalue weighted by molar-refractivity contribution is -0.645. The van der Waals surface area contributed by atoms with E-state index in [4.69, 9.17) is 5.11 Å². The molecule has 7 nitrogen and oxygen atoms in total. The Labute approximate surface area is 192 Å². The van der Waals surface area contributed by atoms with E-state index < -0.39 is 16.1 Å². The standard InChI is InChI=1S/C18H14N2O2.C7H8O3S/c1-20-16(11-8-13-4-2-3-5-17(13)20)12-19-15-9-6-14(7-10-15)18(21)22;1-6-2-4-7(5-3-6)11(8,9)10/h2-12H,1H3;2-5H,1H3,(H,8,9,10). The second-order valence-corrected chi connectivity index (χ2v) is 8.63. The molecule has 0 unspecified atom stereocenters. The minimum Gasteiger partial charge on any atom is -0.744 e. The number of para-hydroxylation sites is 1. The van der Waals surface area contributed by atoms with Crippen molar-refractivity contribution >= 4 is 38.9 Å². The first-order valence-electron chi connectivity index (χ1n) is 9.93. The summed E-state index contributed by atoms with van der Waals surface area (Å²) in [5, 5.41) is 10.1. The summed E-state index contributed by atoms with van der Waals surface area (Å²) < 4.78 is 33.2. The van der Waals surface area contributed by atoms with E-state index in [1.54, 1.807) is 42.6 Å². The first kappa shape index (κ1) is 23.8. The molecule has 0 aliphatic heterocycles. The lowest BCUT2D eigenvalue weighted by Crippen LogP contribution is -2.34. The van der Waals surface area contributed by atoms with E-state index >= 15 is 0 Å². The number of aryl methyl sites for hydroxylation is 2. The average Bonchev–Trinajstić information content (AvgIpc) is 2.79. The SMILES string of the molecule is C[n+]1c(C=Nc2ccc(C(=O)O)cc2)ccc2ccccc21.Cc1ccc(S(=O)(=O)[O-])cc1. The van der Waals surface area contributed by atoms with E-state index in [-0.39, 0.29) is 10.5 Å². The summed E-state index contributed by atoms with van der Waals surface area (Å²) in [6.45, 7) is 1.82. The molecule has 0 bridgehead atoms. The summed E-state index contributed by atoms with van der Waals surface area (Å²) in [7, 11) is -2.27. The topological polar surface area (TPSA) is 111 Å². The van der Waals surface area contributed by atoms with Gasteiger partial charge in [-0.05, 0) is 55.5 Å².